The van der Waals surface area contributed by atoms with Crippen molar-refractivity contribution in [2.24, 2.45) is 0 Å². The molecular formula is C22H27ClN4O3S. The Bertz CT molecular complexity index is 1050. The Balaban J connectivity index is 1.43. The van der Waals surface area contributed by atoms with Crippen LogP contribution in [0.25, 0.3) is 0 Å². The molecule has 1 aliphatic carbocycles. The molecule has 1 heterocycles. The zero-order valence-electron chi connectivity index (χ0n) is 17.5. The van der Waals surface area contributed by atoms with E-state index in [1.54, 1.807) is 0 Å². The van der Waals surface area contributed by atoms with Crippen molar-refractivity contribution in [2.45, 2.75) is 30.7 Å². The highest BCUT2D eigenvalue weighted by atomic mass is 35.5. The van der Waals surface area contributed by atoms with Crippen LogP contribution in [0, 0.1) is 0 Å². The van der Waals surface area contributed by atoms with Crippen molar-refractivity contribution in [3.05, 3.63) is 53.1 Å². The third-order valence-corrected chi connectivity index (χ3v) is 7.69. The lowest BCUT2D eigenvalue weighted by Gasteiger charge is -2.35. The fourth-order valence-electron chi connectivity index (χ4n) is 3.62. The van der Waals surface area contributed by atoms with E-state index in [1.807, 2.05) is 24.3 Å². The van der Waals surface area contributed by atoms with E-state index in [0.29, 0.717) is 5.69 Å². The van der Waals surface area contributed by atoms with Gasteiger partial charge in [0.05, 0.1) is 5.02 Å². The number of anilines is 2. The van der Waals surface area contributed by atoms with Gasteiger partial charge < -0.3 is 15.1 Å². The SMILES string of the molecule is CCN1CCN(c2ccc(NC(=O)c3ccc(Cl)c(S(=O)(=O)NC4CC4)c3)cc2)CC1. The summed E-state index contributed by atoms with van der Waals surface area (Å²) in [7, 11) is -3.75. The largest absolute Gasteiger partial charge is 0.369 e. The van der Waals surface area contributed by atoms with Crippen LogP contribution in [0.5, 0.6) is 0 Å². The molecule has 2 aliphatic rings. The van der Waals surface area contributed by atoms with Crippen molar-refractivity contribution in [3.63, 3.8) is 0 Å². The summed E-state index contributed by atoms with van der Waals surface area (Å²) in [6, 6.07) is 12.0. The first-order valence-corrected chi connectivity index (χ1v) is 12.4. The van der Waals surface area contributed by atoms with Crippen LogP contribution in [0.1, 0.15) is 30.1 Å². The van der Waals surface area contributed by atoms with Crippen LogP contribution in [0.3, 0.4) is 0 Å². The predicted molar refractivity (Wildman–Crippen MR) is 124 cm³/mol. The van der Waals surface area contributed by atoms with Crippen LogP contribution in [0.15, 0.2) is 47.4 Å². The third-order valence-electron chi connectivity index (χ3n) is 5.69. The lowest BCUT2D eigenvalue weighted by Crippen LogP contribution is -2.46. The molecule has 1 amide bonds. The maximum absolute atomic E-state index is 12.7. The van der Waals surface area contributed by atoms with Crippen LogP contribution in [-0.2, 0) is 10.0 Å². The van der Waals surface area contributed by atoms with Gasteiger partial charge in [-0.15, -0.1) is 0 Å². The van der Waals surface area contributed by atoms with Crippen LogP contribution in [0.4, 0.5) is 11.4 Å². The summed E-state index contributed by atoms with van der Waals surface area (Å²) in [5, 5.41) is 2.93. The number of likely N-dealkylation sites (N-methyl/N-ethyl adjacent to an activating group) is 1. The molecule has 0 atom stereocenters. The second-order valence-corrected chi connectivity index (χ2v) is 10.1. The Morgan fingerprint density at radius 1 is 1.06 bits per heavy atom. The van der Waals surface area contributed by atoms with Gasteiger partial charge in [0.1, 0.15) is 4.90 Å². The van der Waals surface area contributed by atoms with E-state index >= 15 is 0 Å². The van der Waals surface area contributed by atoms with Gasteiger partial charge in [0.25, 0.3) is 5.91 Å². The molecule has 7 nitrogen and oxygen atoms in total. The highest BCUT2D eigenvalue weighted by Crippen LogP contribution is 2.27. The highest BCUT2D eigenvalue weighted by molar-refractivity contribution is 7.89. The predicted octanol–water partition coefficient (Wildman–Crippen LogP) is 3.17. The molecule has 2 fully saturated rings. The van der Waals surface area contributed by atoms with Gasteiger partial charge in [0, 0.05) is 49.2 Å². The molecule has 0 aromatic heterocycles. The number of rotatable bonds is 7. The molecule has 9 heteroatoms. The van der Waals surface area contributed by atoms with Crippen molar-refractivity contribution in [1.82, 2.24) is 9.62 Å². The number of piperazine rings is 1. The average molecular weight is 463 g/mol. The minimum absolute atomic E-state index is 0.0398. The number of benzene rings is 2. The summed E-state index contributed by atoms with van der Waals surface area (Å²) in [5.41, 5.74) is 2.01. The van der Waals surface area contributed by atoms with Crippen LogP contribution >= 0.6 is 11.6 Å². The minimum atomic E-state index is -3.75. The van der Waals surface area contributed by atoms with Gasteiger partial charge >= 0.3 is 0 Å². The molecule has 31 heavy (non-hydrogen) atoms. The van der Waals surface area contributed by atoms with Crippen LogP contribution in [0.2, 0.25) is 5.02 Å². The van der Waals surface area contributed by atoms with Gasteiger partial charge in [-0.3, -0.25) is 4.79 Å². The maximum Gasteiger partial charge on any atom is 0.255 e. The monoisotopic (exact) mass is 462 g/mol. The number of carbonyl (C=O) groups excluding carboxylic acids is 1. The van der Waals surface area contributed by atoms with Gasteiger partial charge in [-0.2, -0.15) is 0 Å². The maximum atomic E-state index is 12.7. The topological polar surface area (TPSA) is 81.8 Å². The Morgan fingerprint density at radius 2 is 1.74 bits per heavy atom. The highest BCUT2D eigenvalue weighted by Gasteiger charge is 2.29. The molecule has 4 rings (SSSR count). The zero-order valence-corrected chi connectivity index (χ0v) is 19.0. The Kier molecular flexibility index (Phi) is 6.52. The van der Waals surface area contributed by atoms with Crippen molar-refractivity contribution in [2.75, 3.05) is 42.9 Å². The van der Waals surface area contributed by atoms with E-state index in [4.69, 9.17) is 11.6 Å². The molecule has 2 N–H and O–H groups in total. The van der Waals surface area contributed by atoms with E-state index in [2.05, 4.69) is 26.8 Å². The Labute approximate surface area is 188 Å². The van der Waals surface area contributed by atoms with E-state index < -0.39 is 10.0 Å². The molecule has 0 spiro atoms. The lowest BCUT2D eigenvalue weighted by atomic mass is 10.2. The molecule has 2 aromatic rings. The normalized spacial score (nSPS) is 17.5. The fraction of sp³-hybridized carbons (Fsp3) is 0.409. The van der Waals surface area contributed by atoms with Gasteiger partial charge in [-0.05, 0) is 61.9 Å². The molecule has 1 saturated carbocycles. The van der Waals surface area contributed by atoms with Crippen molar-refractivity contribution >= 4 is 38.9 Å². The number of carbonyl (C=O) groups is 1. The smallest absolute Gasteiger partial charge is 0.255 e. The summed E-state index contributed by atoms with van der Waals surface area (Å²) in [5.74, 6) is -0.385. The molecule has 1 saturated heterocycles. The molecule has 1 aliphatic heterocycles. The third kappa shape index (κ3) is 5.38. The molecule has 0 unspecified atom stereocenters. The van der Waals surface area contributed by atoms with Crippen molar-refractivity contribution < 1.29 is 13.2 Å². The summed E-state index contributed by atoms with van der Waals surface area (Å²) >= 11 is 6.10. The van der Waals surface area contributed by atoms with Gasteiger partial charge in [0.2, 0.25) is 10.0 Å². The lowest BCUT2D eigenvalue weighted by molar-refractivity contribution is 0.102. The minimum Gasteiger partial charge on any atom is -0.369 e. The van der Waals surface area contributed by atoms with Gasteiger partial charge in [-0.1, -0.05) is 18.5 Å². The number of nitrogens with zero attached hydrogens (tertiary/aromatic N) is 2. The van der Waals surface area contributed by atoms with Gasteiger partial charge in [0.15, 0.2) is 0 Å². The fourth-order valence-corrected chi connectivity index (χ4v) is 5.45. The number of nitrogens with one attached hydrogen (secondary N) is 2. The number of amides is 1. The second-order valence-electron chi connectivity index (χ2n) is 7.96. The first-order valence-electron chi connectivity index (χ1n) is 10.6. The number of halogens is 1. The van der Waals surface area contributed by atoms with Crippen molar-refractivity contribution in [3.8, 4) is 0 Å². The second kappa shape index (κ2) is 9.16. The van der Waals surface area contributed by atoms with Gasteiger partial charge in [-0.25, -0.2) is 13.1 Å². The quantitative estimate of drug-likeness (QED) is 0.660. The molecule has 2 aromatic carbocycles. The number of sulfonamides is 1. The van der Waals surface area contributed by atoms with E-state index in [9.17, 15) is 13.2 Å². The summed E-state index contributed by atoms with van der Waals surface area (Å²) in [6.45, 7) is 7.31. The van der Waals surface area contributed by atoms with Crippen LogP contribution < -0.4 is 14.9 Å². The average Bonchev–Trinajstić information content (AvgIpc) is 3.58. The first-order chi connectivity index (χ1) is 14.9. The number of hydrogen-bond donors (Lipinski definition) is 2. The molecular weight excluding hydrogens is 436 g/mol. The first kappa shape index (κ1) is 22.1. The summed E-state index contributed by atoms with van der Waals surface area (Å²) in [6.07, 6.45) is 1.64. The standard InChI is InChI=1S/C22H27ClN4O3S/c1-2-26-11-13-27(14-12-26)19-8-6-17(7-9-19)24-22(28)16-3-10-20(23)21(15-16)31(29,30)25-18-4-5-18/h3,6-10,15,18,25H,2,4-5,11-14H2,1H3,(H,24,28). The van der Waals surface area contributed by atoms with E-state index in [0.717, 1.165) is 51.3 Å². The van der Waals surface area contributed by atoms with Crippen LogP contribution in [-0.4, -0.2) is 58.0 Å². The van der Waals surface area contributed by atoms with E-state index in [1.165, 1.54) is 18.2 Å². The Hall–Kier alpha value is -2.13. The Morgan fingerprint density at radius 3 is 2.35 bits per heavy atom. The number of hydrogen-bond acceptors (Lipinski definition) is 5. The molecule has 0 radical (unpaired) electrons. The van der Waals surface area contributed by atoms with Crippen molar-refractivity contribution in [1.29, 1.82) is 0 Å². The molecule has 0 bridgehead atoms. The summed E-state index contributed by atoms with van der Waals surface area (Å²) < 4.78 is 27.7. The zero-order chi connectivity index (χ0) is 22.0. The summed E-state index contributed by atoms with van der Waals surface area (Å²) in [4.78, 5) is 17.4. The van der Waals surface area contributed by atoms with E-state index in [-0.39, 0.29) is 27.4 Å². The molecule has 166 valence electrons.